The second-order valence-electron chi connectivity index (χ2n) is 4.85. The predicted molar refractivity (Wildman–Crippen MR) is 81.9 cm³/mol. The number of hydrogen-bond donors (Lipinski definition) is 0. The van der Waals surface area contributed by atoms with Crippen molar-refractivity contribution in [3.63, 3.8) is 0 Å². The van der Waals surface area contributed by atoms with E-state index >= 15 is 0 Å². The molecule has 0 unspecified atom stereocenters. The molecule has 0 saturated carbocycles. The van der Waals surface area contributed by atoms with Gasteiger partial charge in [-0.1, -0.05) is 26.7 Å². The molecule has 1 aromatic carbocycles. The molecule has 2 aromatic rings. The Morgan fingerprint density at radius 2 is 1.65 bits per heavy atom. The van der Waals surface area contributed by atoms with E-state index in [9.17, 15) is 0 Å². The van der Waals surface area contributed by atoms with Crippen LogP contribution in [0.3, 0.4) is 0 Å². The highest BCUT2D eigenvalue weighted by Crippen LogP contribution is 2.19. The summed E-state index contributed by atoms with van der Waals surface area (Å²) in [6.45, 7) is 5.08. The molecule has 0 bridgehead atoms. The monoisotopic (exact) mass is 270 g/mol. The van der Waals surface area contributed by atoms with Crippen LogP contribution in [0.5, 0.6) is 5.75 Å². The lowest BCUT2D eigenvalue weighted by atomic mass is 10.2. The normalized spacial score (nSPS) is 10.5. The van der Waals surface area contributed by atoms with Gasteiger partial charge in [-0.25, -0.2) is 9.97 Å². The summed E-state index contributed by atoms with van der Waals surface area (Å²) < 4.78 is 5.69. The number of hydrogen-bond acceptors (Lipinski definition) is 3. The first-order valence-corrected chi connectivity index (χ1v) is 7.37. The quantitative estimate of drug-likeness (QED) is 0.704. The Kier molecular flexibility index (Phi) is 5.54. The summed E-state index contributed by atoms with van der Waals surface area (Å²) in [5.74, 6) is 1.68. The lowest BCUT2D eigenvalue weighted by Crippen LogP contribution is -1.97. The molecule has 0 aliphatic heterocycles. The maximum absolute atomic E-state index is 5.69. The van der Waals surface area contributed by atoms with Crippen molar-refractivity contribution in [1.29, 1.82) is 0 Å². The topological polar surface area (TPSA) is 35.0 Å². The summed E-state index contributed by atoms with van der Waals surface area (Å²) in [6, 6.07) is 7.99. The van der Waals surface area contributed by atoms with Crippen molar-refractivity contribution >= 4 is 0 Å². The van der Waals surface area contributed by atoms with Crippen LogP contribution in [0.1, 0.15) is 38.7 Å². The molecule has 0 N–H and O–H groups in total. The molecule has 106 valence electrons. The van der Waals surface area contributed by atoms with Gasteiger partial charge in [0.1, 0.15) is 5.75 Å². The molecular weight excluding hydrogens is 248 g/mol. The molecule has 0 fully saturated rings. The SMILES string of the molecule is CCCCCOc1ccc(-c2ncc(CC)cn2)cc1. The Morgan fingerprint density at radius 1 is 0.950 bits per heavy atom. The molecule has 0 atom stereocenters. The number of ether oxygens (including phenoxy) is 1. The van der Waals surface area contributed by atoms with E-state index in [1.807, 2.05) is 36.7 Å². The van der Waals surface area contributed by atoms with Crippen LogP contribution in [-0.2, 0) is 6.42 Å². The maximum Gasteiger partial charge on any atom is 0.159 e. The molecule has 1 heterocycles. The van der Waals surface area contributed by atoms with Crippen molar-refractivity contribution in [3.05, 3.63) is 42.2 Å². The molecule has 0 aliphatic rings. The van der Waals surface area contributed by atoms with E-state index in [1.165, 1.54) is 12.8 Å². The third kappa shape index (κ3) is 4.05. The van der Waals surface area contributed by atoms with Crippen LogP contribution in [0, 0.1) is 0 Å². The molecule has 0 saturated heterocycles. The van der Waals surface area contributed by atoms with E-state index in [-0.39, 0.29) is 0 Å². The van der Waals surface area contributed by atoms with Crippen molar-refractivity contribution < 1.29 is 4.74 Å². The zero-order valence-corrected chi connectivity index (χ0v) is 12.3. The zero-order chi connectivity index (χ0) is 14.2. The summed E-state index contributed by atoms with van der Waals surface area (Å²) in [7, 11) is 0. The number of aryl methyl sites for hydroxylation is 1. The average Bonchev–Trinajstić information content (AvgIpc) is 2.52. The standard InChI is InChI=1S/C17H22N2O/c1-3-5-6-11-20-16-9-7-15(8-10-16)17-18-12-14(4-2)13-19-17/h7-10,12-13H,3-6,11H2,1-2H3. The summed E-state index contributed by atoms with van der Waals surface area (Å²) in [4.78, 5) is 8.77. The van der Waals surface area contributed by atoms with Crippen LogP contribution in [0.2, 0.25) is 0 Å². The minimum atomic E-state index is 0.764. The number of rotatable bonds is 7. The van der Waals surface area contributed by atoms with Gasteiger partial charge in [0.2, 0.25) is 0 Å². The molecule has 20 heavy (non-hydrogen) atoms. The minimum Gasteiger partial charge on any atom is -0.494 e. The largest absolute Gasteiger partial charge is 0.494 e. The fourth-order valence-electron chi connectivity index (χ4n) is 1.93. The first-order chi connectivity index (χ1) is 9.83. The minimum absolute atomic E-state index is 0.764. The van der Waals surface area contributed by atoms with E-state index in [2.05, 4.69) is 23.8 Å². The molecule has 2 rings (SSSR count). The molecule has 0 aliphatic carbocycles. The van der Waals surface area contributed by atoms with E-state index in [1.54, 1.807) is 0 Å². The zero-order valence-electron chi connectivity index (χ0n) is 12.3. The van der Waals surface area contributed by atoms with Gasteiger partial charge in [0, 0.05) is 18.0 Å². The molecule has 0 amide bonds. The average molecular weight is 270 g/mol. The number of benzene rings is 1. The van der Waals surface area contributed by atoms with Gasteiger partial charge in [0.25, 0.3) is 0 Å². The van der Waals surface area contributed by atoms with Crippen LogP contribution >= 0.6 is 0 Å². The third-order valence-corrected chi connectivity index (χ3v) is 3.24. The van der Waals surface area contributed by atoms with Gasteiger partial charge in [-0.3, -0.25) is 0 Å². The molecular formula is C17H22N2O. The van der Waals surface area contributed by atoms with Gasteiger partial charge in [0.15, 0.2) is 5.82 Å². The van der Waals surface area contributed by atoms with Crippen LogP contribution < -0.4 is 4.74 Å². The van der Waals surface area contributed by atoms with Crippen LogP contribution in [0.4, 0.5) is 0 Å². The van der Waals surface area contributed by atoms with Crippen molar-refractivity contribution in [2.24, 2.45) is 0 Å². The Morgan fingerprint density at radius 3 is 2.25 bits per heavy atom. The van der Waals surface area contributed by atoms with E-state index < -0.39 is 0 Å². The van der Waals surface area contributed by atoms with E-state index in [0.717, 1.165) is 42.1 Å². The number of aromatic nitrogens is 2. The highest BCUT2D eigenvalue weighted by molar-refractivity contribution is 5.55. The highest BCUT2D eigenvalue weighted by Gasteiger charge is 2.02. The molecule has 3 nitrogen and oxygen atoms in total. The van der Waals surface area contributed by atoms with Gasteiger partial charge in [-0.2, -0.15) is 0 Å². The predicted octanol–water partition coefficient (Wildman–Crippen LogP) is 4.28. The Bertz CT molecular complexity index is 506. The molecule has 0 spiro atoms. The number of unbranched alkanes of at least 4 members (excludes halogenated alkanes) is 2. The first kappa shape index (κ1) is 14.5. The Labute approximate surface area is 121 Å². The molecule has 3 heteroatoms. The van der Waals surface area contributed by atoms with Gasteiger partial charge in [0.05, 0.1) is 6.61 Å². The smallest absolute Gasteiger partial charge is 0.159 e. The lowest BCUT2D eigenvalue weighted by Gasteiger charge is -2.06. The first-order valence-electron chi connectivity index (χ1n) is 7.37. The molecule has 0 radical (unpaired) electrons. The molecule has 1 aromatic heterocycles. The van der Waals surface area contributed by atoms with Crippen molar-refractivity contribution in [2.75, 3.05) is 6.61 Å². The van der Waals surface area contributed by atoms with Crippen molar-refractivity contribution in [1.82, 2.24) is 9.97 Å². The highest BCUT2D eigenvalue weighted by atomic mass is 16.5. The maximum atomic E-state index is 5.69. The fraction of sp³-hybridized carbons (Fsp3) is 0.412. The second-order valence-corrected chi connectivity index (χ2v) is 4.85. The summed E-state index contributed by atoms with van der Waals surface area (Å²) in [6.07, 6.45) is 8.28. The second kappa shape index (κ2) is 7.63. The summed E-state index contributed by atoms with van der Waals surface area (Å²) in [5.41, 5.74) is 2.18. The third-order valence-electron chi connectivity index (χ3n) is 3.24. The van der Waals surface area contributed by atoms with Crippen molar-refractivity contribution in [3.8, 4) is 17.1 Å². The number of nitrogens with zero attached hydrogens (tertiary/aromatic N) is 2. The van der Waals surface area contributed by atoms with Crippen LogP contribution in [0.25, 0.3) is 11.4 Å². The van der Waals surface area contributed by atoms with Crippen LogP contribution in [0.15, 0.2) is 36.7 Å². The lowest BCUT2D eigenvalue weighted by molar-refractivity contribution is 0.306. The Hall–Kier alpha value is -1.90. The van der Waals surface area contributed by atoms with Gasteiger partial charge >= 0.3 is 0 Å². The van der Waals surface area contributed by atoms with Gasteiger partial charge in [-0.15, -0.1) is 0 Å². The summed E-state index contributed by atoms with van der Waals surface area (Å²) in [5, 5.41) is 0. The fourth-order valence-corrected chi connectivity index (χ4v) is 1.93. The van der Waals surface area contributed by atoms with Crippen LogP contribution in [-0.4, -0.2) is 16.6 Å². The summed E-state index contributed by atoms with van der Waals surface area (Å²) >= 11 is 0. The van der Waals surface area contributed by atoms with Gasteiger partial charge in [-0.05, 0) is 42.7 Å². The van der Waals surface area contributed by atoms with Gasteiger partial charge < -0.3 is 4.74 Å². The Balaban J connectivity index is 1.96. The van der Waals surface area contributed by atoms with Crippen molar-refractivity contribution in [2.45, 2.75) is 39.5 Å². The van der Waals surface area contributed by atoms with E-state index in [4.69, 9.17) is 4.74 Å². The van der Waals surface area contributed by atoms with E-state index in [0.29, 0.717) is 0 Å².